The number of nitrogens with zero attached hydrogens (tertiary/aromatic N) is 1. The van der Waals surface area contributed by atoms with E-state index in [1.807, 2.05) is 0 Å². The van der Waals surface area contributed by atoms with Gasteiger partial charge in [0, 0.05) is 6.07 Å². The number of pyridine rings is 1. The fraction of sp³-hybridized carbons (Fsp3) is 0. The van der Waals surface area contributed by atoms with Gasteiger partial charge in [0.2, 0.25) is 11.7 Å². The van der Waals surface area contributed by atoms with Crippen molar-refractivity contribution in [2.45, 2.75) is 0 Å². The van der Waals surface area contributed by atoms with Crippen LogP contribution in [0.15, 0.2) is 36.4 Å². The third-order valence-corrected chi connectivity index (χ3v) is 2.13. The first kappa shape index (κ1) is 12.0. The lowest BCUT2D eigenvalue weighted by atomic mass is 10.3. The zero-order valence-electron chi connectivity index (χ0n) is 9.15. The van der Waals surface area contributed by atoms with Crippen molar-refractivity contribution in [1.82, 2.24) is 4.98 Å². The van der Waals surface area contributed by atoms with E-state index in [-0.39, 0.29) is 23.2 Å². The Balaban J connectivity index is 2.31. The minimum absolute atomic E-state index is 0.0344. The van der Waals surface area contributed by atoms with E-state index in [9.17, 15) is 8.78 Å². The molecule has 0 spiro atoms. The zero-order chi connectivity index (χ0) is 13.1. The van der Waals surface area contributed by atoms with Gasteiger partial charge in [0.15, 0.2) is 11.6 Å². The van der Waals surface area contributed by atoms with Crippen LogP contribution in [0.3, 0.4) is 0 Å². The monoisotopic (exact) mass is 249 g/mol. The van der Waals surface area contributed by atoms with Crippen molar-refractivity contribution in [3.05, 3.63) is 53.7 Å². The van der Waals surface area contributed by atoms with Crippen LogP contribution in [0.1, 0.15) is 5.69 Å². The van der Waals surface area contributed by atoms with Crippen LogP contribution in [0.4, 0.5) is 8.78 Å². The molecule has 0 aliphatic carbocycles. The molecule has 0 aliphatic heterocycles. The summed E-state index contributed by atoms with van der Waals surface area (Å²) in [6.45, 7) is 0. The maximum atomic E-state index is 13.4. The molecule has 0 saturated heterocycles. The largest absolute Gasteiger partial charge is 0.436 e. The molecule has 92 valence electrons. The Kier molecular flexibility index (Phi) is 3.18. The van der Waals surface area contributed by atoms with Crippen LogP contribution in [-0.4, -0.2) is 10.8 Å². The number of amidine groups is 1. The highest BCUT2D eigenvalue weighted by molar-refractivity contribution is 5.93. The fourth-order valence-electron chi connectivity index (χ4n) is 1.30. The van der Waals surface area contributed by atoms with Crippen molar-refractivity contribution in [3.63, 3.8) is 0 Å². The number of rotatable bonds is 3. The van der Waals surface area contributed by atoms with Crippen LogP contribution in [0.2, 0.25) is 0 Å². The van der Waals surface area contributed by atoms with Crippen molar-refractivity contribution < 1.29 is 13.5 Å². The minimum atomic E-state index is -1.09. The Labute approximate surface area is 102 Å². The molecule has 0 fully saturated rings. The van der Waals surface area contributed by atoms with Crippen molar-refractivity contribution in [2.24, 2.45) is 5.73 Å². The Morgan fingerprint density at radius 3 is 2.61 bits per heavy atom. The van der Waals surface area contributed by atoms with Crippen molar-refractivity contribution in [1.29, 1.82) is 5.41 Å². The molecule has 0 bridgehead atoms. The summed E-state index contributed by atoms with van der Waals surface area (Å²) in [6, 6.07) is 8.11. The topological polar surface area (TPSA) is 72.0 Å². The van der Waals surface area contributed by atoms with E-state index >= 15 is 0 Å². The van der Waals surface area contributed by atoms with Gasteiger partial charge in [0.05, 0.1) is 0 Å². The molecule has 1 aromatic heterocycles. The molecular formula is C12H9F2N3O. The second kappa shape index (κ2) is 4.79. The minimum Gasteiger partial charge on any atom is -0.436 e. The van der Waals surface area contributed by atoms with E-state index in [0.717, 1.165) is 6.07 Å². The van der Waals surface area contributed by atoms with E-state index < -0.39 is 11.6 Å². The Morgan fingerprint density at radius 1 is 1.17 bits per heavy atom. The maximum Gasteiger partial charge on any atom is 0.220 e. The fourth-order valence-corrected chi connectivity index (χ4v) is 1.30. The molecule has 0 atom stereocenters. The van der Waals surface area contributed by atoms with E-state index in [4.69, 9.17) is 15.9 Å². The predicted octanol–water partition coefficient (Wildman–Crippen LogP) is 2.44. The van der Waals surface area contributed by atoms with Crippen LogP contribution in [0.25, 0.3) is 0 Å². The van der Waals surface area contributed by atoms with Gasteiger partial charge in [-0.15, -0.1) is 0 Å². The van der Waals surface area contributed by atoms with Crippen LogP contribution < -0.4 is 10.5 Å². The average Bonchev–Trinajstić information content (AvgIpc) is 2.35. The van der Waals surface area contributed by atoms with Crippen molar-refractivity contribution in [2.75, 3.05) is 0 Å². The second-order valence-electron chi connectivity index (χ2n) is 3.43. The summed E-state index contributed by atoms with van der Waals surface area (Å²) in [6.07, 6.45) is 0. The van der Waals surface area contributed by atoms with Gasteiger partial charge in [0.1, 0.15) is 11.5 Å². The number of nitrogen functional groups attached to an aromatic ring is 1. The molecule has 2 aromatic rings. The quantitative estimate of drug-likeness (QED) is 0.648. The number of hydrogen-bond donors (Lipinski definition) is 2. The number of nitrogens with two attached hydrogens (primary N) is 1. The van der Waals surface area contributed by atoms with E-state index in [1.165, 1.54) is 24.3 Å². The first-order chi connectivity index (χ1) is 8.58. The van der Waals surface area contributed by atoms with Crippen LogP contribution in [0.5, 0.6) is 11.6 Å². The van der Waals surface area contributed by atoms with E-state index in [2.05, 4.69) is 4.98 Å². The molecule has 2 rings (SSSR count). The highest BCUT2D eigenvalue weighted by Gasteiger charge is 2.10. The third kappa shape index (κ3) is 2.42. The normalized spacial score (nSPS) is 10.1. The summed E-state index contributed by atoms with van der Waals surface area (Å²) < 4.78 is 31.4. The Morgan fingerprint density at radius 2 is 1.89 bits per heavy atom. The number of nitrogens with one attached hydrogen (secondary N) is 1. The van der Waals surface area contributed by atoms with Crippen molar-refractivity contribution in [3.8, 4) is 11.6 Å². The number of aromatic nitrogens is 1. The summed E-state index contributed by atoms with van der Waals surface area (Å²) in [4.78, 5) is 3.88. The summed E-state index contributed by atoms with van der Waals surface area (Å²) in [5, 5.41) is 7.21. The molecule has 0 amide bonds. The standard InChI is InChI=1S/C12H9F2N3O/c13-7-3-1-5-9(11(7)14)18-10-6-2-4-8(17-10)12(15)16/h1-6H,(H3,15,16). The van der Waals surface area contributed by atoms with Crippen LogP contribution in [-0.2, 0) is 0 Å². The molecule has 1 aromatic carbocycles. The lowest BCUT2D eigenvalue weighted by molar-refractivity contribution is 0.405. The van der Waals surface area contributed by atoms with E-state index in [1.54, 1.807) is 6.07 Å². The van der Waals surface area contributed by atoms with Crippen LogP contribution >= 0.6 is 0 Å². The predicted molar refractivity (Wildman–Crippen MR) is 61.7 cm³/mol. The lowest BCUT2D eigenvalue weighted by Gasteiger charge is -2.07. The highest BCUT2D eigenvalue weighted by Crippen LogP contribution is 2.24. The first-order valence-corrected chi connectivity index (χ1v) is 5.01. The SMILES string of the molecule is N=C(N)c1cccc(Oc2cccc(F)c2F)n1. The van der Waals surface area contributed by atoms with Crippen molar-refractivity contribution >= 4 is 5.84 Å². The zero-order valence-corrected chi connectivity index (χ0v) is 9.15. The summed E-state index contributed by atoms with van der Waals surface area (Å²) in [5.41, 5.74) is 5.46. The van der Waals surface area contributed by atoms with Gasteiger partial charge in [-0.2, -0.15) is 4.39 Å². The number of halogens is 2. The molecule has 0 radical (unpaired) electrons. The summed E-state index contributed by atoms with van der Waals surface area (Å²) in [7, 11) is 0. The van der Waals surface area contributed by atoms with Crippen LogP contribution in [0, 0.1) is 17.0 Å². The number of hydrogen-bond acceptors (Lipinski definition) is 3. The van der Waals surface area contributed by atoms with Gasteiger partial charge in [-0.3, -0.25) is 5.41 Å². The maximum absolute atomic E-state index is 13.4. The second-order valence-corrected chi connectivity index (χ2v) is 3.43. The molecule has 0 aliphatic rings. The molecule has 6 heteroatoms. The highest BCUT2D eigenvalue weighted by atomic mass is 19.2. The third-order valence-electron chi connectivity index (χ3n) is 2.13. The Hall–Kier alpha value is -2.50. The first-order valence-electron chi connectivity index (χ1n) is 5.01. The molecule has 0 unspecified atom stereocenters. The molecule has 1 heterocycles. The van der Waals surface area contributed by atoms with Gasteiger partial charge in [-0.05, 0) is 18.2 Å². The van der Waals surface area contributed by atoms with E-state index in [0.29, 0.717) is 0 Å². The molecule has 0 saturated carbocycles. The van der Waals surface area contributed by atoms with Gasteiger partial charge in [-0.25, -0.2) is 9.37 Å². The smallest absolute Gasteiger partial charge is 0.220 e. The Bertz CT molecular complexity index is 602. The number of ether oxygens (including phenoxy) is 1. The lowest BCUT2D eigenvalue weighted by Crippen LogP contribution is -2.13. The average molecular weight is 249 g/mol. The van der Waals surface area contributed by atoms with Gasteiger partial charge in [-0.1, -0.05) is 12.1 Å². The summed E-state index contributed by atoms with van der Waals surface area (Å²) in [5.74, 6) is -2.57. The van der Waals surface area contributed by atoms with Gasteiger partial charge >= 0.3 is 0 Å². The van der Waals surface area contributed by atoms with Gasteiger partial charge in [0.25, 0.3) is 0 Å². The summed E-state index contributed by atoms with van der Waals surface area (Å²) >= 11 is 0. The molecule has 3 N–H and O–H groups in total. The molecular weight excluding hydrogens is 240 g/mol. The molecule has 18 heavy (non-hydrogen) atoms. The van der Waals surface area contributed by atoms with Gasteiger partial charge < -0.3 is 10.5 Å². The number of benzene rings is 1. The molecule has 4 nitrogen and oxygen atoms in total.